The fourth-order valence-electron chi connectivity index (χ4n) is 4.52. The van der Waals surface area contributed by atoms with Crippen LogP contribution in [0.5, 0.6) is 0 Å². The van der Waals surface area contributed by atoms with E-state index in [-0.39, 0.29) is 30.8 Å². The van der Waals surface area contributed by atoms with Gasteiger partial charge in [-0.25, -0.2) is 9.29 Å². The minimum Gasteiger partial charge on any atom is -0.348 e. The van der Waals surface area contributed by atoms with E-state index in [9.17, 15) is 31.9 Å². The molecule has 37 heavy (non-hydrogen) atoms. The van der Waals surface area contributed by atoms with Gasteiger partial charge in [-0.05, 0) is 77.3 Å². The third kappa shape index (κ3) is 5.78. The number of nitrogens with zero attached hydrogens (tertiary/aromatic N) is 2. The van der Waals surface area contributed by atoms with E-state index in [2.05, 4.69) is 5.32 Å². The van der Waals surface area contributed by atoms with E-state index >= 15 is 0 Å². The SMILES string of the molecule is CC(C)N(C(=O)c1ccc([C@H](C)NC(=O)C2(N(C(=O)c3ccccc3F)C(F)(F)F)CC2)cc1)C(C)C. The van der Waals surface area contributed by atoms with E-state index < -0.39 is 46.0 Å². The summed E-state index contributed by atoms with van der Waals surface area (Å²) in [6.07, 6.45) is -5.62. The van der Waals surface area contributed by atoms with Gasteiger partial charge < -0.3 is 10.2 Å². The van der Waals surface area contributed by atoms with Gasteiger partial charge in [-0.1, -0.05) is 24.3 Å². The molecule has 0 bridgehead atoms. The maximum atomic E-state index is 14.1. The van der Waals surface area contributed by atoms with E-state index in [0.717, 1.165) is 12.1 Å². The van der Waals surface area contributed by atoms with Gasteiger partial charge in [0.1, 0.15) is 11.4 Å². The van der Waals surface area contributed by atoms with Crippen molar-refractivity contribution in [3.05, 3.63) is 71.0 Å². The van der Waals surface area contributed by atoms with Crippen LogP contribution in [0.3, 0.4) is 0 Å². The van der Waals surface area contributed by atoms with Crippen LogP contribution in [0.2, 0.25) is 0 Å². The monoisotopic (exact) mass is 521 g/mol. The molecule has 0 saturated heterocycles. The Morgan fingerprint density at radius 2 is 1.41 bits per heavy atom. The first kappa shape index (κ1) is 28.1. The molecule has 1 aliphatic rings. The second-order valence-electron chi connectivity index (χ2n) is 9.84. The van der Waals surface area contributed by atoms with Crippen molar-refractivity contribution in [1.82, 2.24) is 15.1 Å². The fraction of sp³-hybridized carbons (Fsp3) is 0.444. The molecule has 1 N–H and O–H groups in total. The van der Waals surface area contributed by atoms with E-state index in [4.69, 9.17) is 0 Å². The molecule has 3 rings (SSSR count). The largest absolute Gasteiger partial charge is 0.488 e. The summed E-state index contributed by atoms with van der Waals surface area (Å²) in [5, 5.41) is 2.56. The Kier molecular flexibility index (Phi) is 8.00. The quantitative estimate of drug-likeness (QED) is 0.371. The molecule has 1 aliphatic carbocycles. The number of alkyl halides is 3. The van der Waals surface area contributed by atoms with E-state index in [1.807, 2.05) is 27.7 Å². The first-order valence-electron chi connectivity index (χ1n) is 12.1. The van der Waals surface area contributed by atoms with Gasteiger partial charge in [0.25, 0.3) is 11.8 Å². The summed E-state index contributed by atoms with van der Waals surface area (Å²) in [7, 11) is 0. The highest BCUT2D eigenvalue weighted by molar-refractivity contribution is 6.01. The predicted octanol–water partition coefficient (Wildman–Crippen LogP) is 5.46. The molecule has 0 heterocycles. The zero-order valence-electron chi connectivity index (χ0n) is 21.4. The summed E-state index contributed by atoms with van der Waals surface area (Å²) in [5.74, 6) is -3.85. The summed E-state index contributed by atoms with van der Waals surface area (Å²) in [6, 6.07) is 10.1. The fourth-order valence-corrected chi connectivity index (χ4v) is 4.52. The Labute approximate surface area is 213 Å². The topological polar surface area (TPSA) is 69.7 Å². The molecule has 2 aromatic carbocycles. The smallest absolute Gasteiger partial charge is 0.348 e. The Morgan fingerprint density at radius 1 is 0.865 bits per heavy atom. The number of halogens is 4. The highest BCUT2D eigenvalue weighted by Crippen LogP contribution is 2.48. The average Bonchev–Trinajstić information content (AvgIpc) is 3.59. The summed E-state index contributed by atoms with van der Waals surface area (Å²) < 4.78 is 56.1. The molecule has 3 amide bonds. The molecule has 0 spiro atoms. The molecule has 1 atom stereocenters. The van der Waals surface area contributed by atoms with Gasteiger partial charge in [-0.2, -0.15) is 0 Å². The van der Waals surface area contributed by atoms with Gasteiger partial charge >= 0.3 is 6.30 Å². The molecule has 0 aromatic heterocycles. The van der Waals surface area contributed by atoms with Crippen LogP contribution in [0.15, 0.2) is 48.5 Å². The van der Waals surface area contributed by atoms with E-state index in [1.165, 1.54) is 12.1 Å². The highest BCUT2D eigenvalue weighted by Gasteiger charge is 2.65. The molecule has 200 valence electrons. The number of hydrogen-bond acceptors (Lipinski definition) is 3. The Balaban J connectivity index is 1.79. The lowest BCUT2D eigenvalue weighted by molar-refractivity contribution is -0.239. The second kappa shape index (κ2) is 10.5. The predicted molar refractivity (Wildman–Crippen MR) is 130 cm³/mol. The maximum absolute atomic E-state index is 14.1. The van der Waals surface area contributed by atoms with Crippen LogP contribution in [0, 0.1) is 5.82 Å². The third-order valence-corrected chi connectivity index (χ3v) is 6.49. The number of hydrogen-bond donors (Lipinski definition) is 1. The Morgan fingerprint density at radius 3 is 1.86 bits per heavy atom. The van der Waals surface area contributed by atoms with Crippen molar-refractivity contribution >= 4 is 17.7 Å². The molecule has 0 aliphatic heterocycles. The van der Waals surface area contributed by atoms with Crippen LogP contribution in [0.25, 0.3) is 0 Å². The summed E-state index contributed by atoms with van der Waals surface area (Å²) >= 11 is 0. The van der Waals surface area contributed by atoms with Crippen molar-refractivity contribution in [3.8, 4) is 0 Å². The molecular formula is C27H31F4N3O3. The summed E-state index contributed by atoms with van der Waals surface area (Å²) in [5.41, 5.74) is -1.90. The molecule has 0 radical (unpaired) electrons. The molecule has 6 nitrogen and oxygen atoms in total. The lowest BCUT2D eigenvalue weighted by atomic mass is 10.0. The minimum atomic E-state index is -5.20. The molecule has 2 aromatic rings. The van der Waals surface area contributed by atoms with Crippen molar-refractivity contribution in [2.24, 2.45) is 0 Å². The molecule has 1 fully saturated rings. The maximum Gasteiger partial charge on any atom is 0.488 e. The van der Waals surface area contributed by atoms with E-state index in [1.54, 1.807) is 36.1 Å². The summed E-state index contributed by atoms with van der Waals surface area (Å²) in [6.45, 7) is 9.25. The zero-order chi connectivity index (χ0) is 27.7. The van der Waals surface area contributed by atoms with Crippen molar-refractivity contribution in [3.63, 3.8) is 0 Å². The van der Waals surface area contributed by atoms with Crippen molar-refractivity contribution < 1.29 is 31.9 Å². The number of nitrogens with one attached hydrogen (secondary N) is 1. The molecule has 1 saturated carbocycles. The van der Waals surface area contributed by atoms with Gasteiger partial charge in [-0.15, -0.1) is 13.2 Å². The number of benzene rings is 2. The average molecular weight is 522 g/mol. The number of amides is 3. The van der Waals surface area contributed by atoms with Gasteiger partial charge in [-0.3, -0.25) is 14.4 Å². The van der Waals surface area contributed by atoms with Gasteiger partial charge in [0, 0.05) is 17.6 Å². The van der Waals surface area contributed by atoms with Crippen LogP contribution in [0.4, 0.5) is 17.6 Å². The van der Waals surface area contributed by atoms with Crippen LogP contribution >= 0.6 is 0 Å². The highest BCUT2D eigenvalue weighted by atomic mass is 19.4. The first-order chi connectivity index (χ1) is 17.2. The van der Waals surface area contributed by atoms with Gasteiger partial charge in [0.05, 0.1) is 11.6 Å². The first-order valence-corrected chi connectivity index (χ1v) is 12.1. The molecular weight excluding hydrogens is 490 g/mol. The van der Waals surface area contributed by atoms with Crippen LogP contribution in [-0.4, -0.2) is 51.4 Å². The standard InChI is InChI=1S/C27H31F4N3O3/c1-16(2)33(17(3)4)23(35)20-12-10-19(11-13-20)18(5)32-25(37)26(14-15-26)34(27(29,30)31)24(36)21-8-6-7-9-22(21)28/h6-13,16-18H,14-15H2,1-5H3,(H,32,37)/t18-/m0/s1. The Hall–Kier alpha value is -3.43. The van der Waals surface area contributed by atoms with Crippen molar-refractivity contribution in [2.45, 2.75) is 77.4 Å². The third-order valence-electron chi connectivity index (χ3n) is 6.49. The summed E-state index contributed by atoms with van der Waals surface area (Å²) in [4.78, 5) is 40.0. The van der Waals surface area contributed by atoms with Gasteiger partial charge in [0.2, 0.25) is 5.91 Å². The number of rotatable bonds is 8. The lowest BCUT2D eigenvalue weighted by Crippen LogP contribution is -2.58. The van der Waals surface area contributed by atoms with Crippen LogP contribution in [0.1, 0.15) is 79.8 Å². The van der Waals surface area contributed by atoms with Crippen LogP contribution < -0.4 is 5.32 Å². The number of carbonyl (C=O) groups is 3. The van der Waals surface area contributed by atoms with Crippen LogP contribution in [-0.2, 0) is 4.79 Å². The van der Waals surface area contributed by atoms with Gasteiger partial charge in [0.15, 0.2) is 0 Å². The van der Waals surface area contributed by atoms with Crippen molar-refractivity contribution in [1.29, 1.82) is 0 Å². The van der Waals surface area contributed by atoms with Crippen molar-refractivity contribution in [2.75, 3.05) is 0 Å². The minimum absolute atomic E-state index is 0.0104. The normalized spacial score (nSPS) is 15.3. The second-order valence-corrected chi connectivity index (χ2v) is 9.84. The molecule has 10 heteroatoms. The lowest BCUT2D eigenvalue weighted by Gasteiger charge is -2.33. The van der Waals surface area contributed by atoms with E-state index in [0.29, 0.717) is 11.1 Å². The zero-order valence-corrected chi connectivity index (χ0v) is 21.4. The Bertz CT molecular complexity index is 1150. The molecule has 0 unspecified atom stereocenters. The number of carbonyl (C=O) groups excluding carboxylic acids is 3.